The first kappa shape index (κ1) is 11.3. The van der Waals surface area contributed by atoms with Crippen LogP contribution in [-0.2, 0) is 0 Å². The molecule has 0 amide bonds. The van der Waals surface area contributed by atoms with E-state index in [1.165, 1.54) is 5.69 Å². The summed E-state index contributed by atoms with van der Waals surface area (Å²) < 4.78 is 0. The van der Waals surface area contributed by atoms with Crippen LogP contribution in [0.15, 0.2) is 30.3 Å². The van der Waals surface area contributed by atoms with Gasteiger partial charge >= 0.3 is 0 Å². The van der Waals surface area contributed by atoms with Gasteiger partial charge in [-0.15, -0.1) is 0 Å². The van der Waals surface area contributed by atoms with Gasteiger partial charge in [0.2, 0.25) is 0 Å². The van der Waals surface area contributed by atoms with Crippen LogP contribution < -0.4 is 10.6 Å². The van der Waals surface area contributed by atoms with E-state index in [1.807, 2.05) is 12.1 Å². The minimum Gasteiger partial charge on any atom is -0.384 e. The Morgan fingerprint density at radius 3 is 2.61 bits per heavy atom. The molecule has 1 aromatic carbocycles. The zero-order chi connectivity index (χ0) is 12.5. The summed E-state index contributed by atoms with van der Waals surface area (Å²) in [5, 5.41) is 1.15. The van der Waals surface area contributed by atoms with E-state index in [0.29, 0.717) is 5.82 Å². The number of fused-ring (bicyclic) bond motifs is 1. The molecule has 4 nitrogen and oxygen atoms in total. The van der Waals surface area contributed by atoms with Crippen molar-refractivity contribution in [3.63, 3.8) is 0 Å². The molecule has 2 N–H and O–H groups in total. The van der Waals surface area contributed by atoms with Gasteiger partial charge in [-0.05, 0) is 37.4 Å². The molecule has 1 aliphatic rings. The van der Waals surface area contributed by atoms with Crippen LogP contribution in [0.2, 0.25) is 0 Å². The Balaban J connectivity index is 1.91. The fraction of sp³-hybridized carbons (Fsp3) is 0.357. The van der Waals surface area contributed by atoms with E-state index >= 15 is 0 Å². The molecule has 0 bridgehead atoms. The first-order valence-corrected chi connectivity index (χ1v) is 6.32. The van der Waals surface area contributed by atoms with Gasteiger partial charge < -0.3 is 15.5 Å². The number of anilines is 2. The van der Waals surface area contributed by atoms with Gasteiger partial charge in [-0.25, -0.2) is 4.98 Å². The van der Waals surface area contributed by atoms with Gasteiger partial charge in [0.1, 0.15) is 5.82 Å². The van der Waals surface area contributed by atoms with Gasteiger partial charge in [-0.2, -0.15) is 0 Å². The monoisotopic (exact) mass is 242 g/mol. The number of hydrogen-bond donors (Lipinski definition) is 1. The Hall–Kier alpha value is -1.81. The maximum Gasteiger partial charge on any atom is 0.124 e. The standard InChI is InChI=1S/C14H18N4/c1-17-6-8-18(9-7-17)12-3-4-13-11(10-12)2-5-14(15)16-13/h2-5,10H,6-9H2,1H3,(H2,15,16). The van der Waals surface area contributed by atoms with Crippen molar-refractivity contribution in [2.45, 2.75) is 0 Å². The van der Waals surface area contributed by atoms with Gasteiger partial charge in [0, 0.05) is 37.3 Å². The van der Waals surface area contributed by atoms with Crippen molar-refractivity contribution < 1.29 is 0 Å². The maximum atomic E-state index is 5.69. The number of rotatable bonds is 1. The smallest absolute Gasteiger partial charge is 0.124 e. The molecule has 2 heterocycles. The summed E-state index contributed by atoms with van der Waals surface area (Å²) in [4.78, 5) is 9.11. The van der Waals surface area contributed by atoms with E-state index < -0.39 is 0 Å². The van der Waals surface area contributed by atoms with Crippen LogP contribution in [0.4, 0.5) is 11.5 Å². The zero-order valence-electron chi connectivity index (χ0n) is 10.6. The molecule has 0 unspecified atom stereocenters. The lowest BCUT2D eigenvalue weighted by molar-refractivity contribution is 0.313. The van der Waals surface area contributed by atoms with Crippen molar-refractivity contribution >= 4 is 22.4 Å². The average molecular weight is 242 g/mol. The minimum absolute atomic E-state index is 0.579. The first-order valence-electron chi connectivity index (χ1n) is 6.32. The fourth-order valence-corrected chi connectivity index (χ4v) is 2.39. The predicted molar refractivity (Wildman–Crippen MR) is 75.9 cm³/mol. The number of likely N-dealkylation sites (N-methyl/N-ethyl adjacent to an activating group) is 1. The number of pyridine rings is 1. The second-order valence-corrected chi connectivity index (χ2v) is 4.90. The van der Waals surface area contributed by atoms with Crippen LogP contribution in [0.3, 0.4) is 0 Å². The van der Waals surface area contributed by atoms with Crippen molar-refractivity contribution in [3.05, 3.63) is 30.3 Å². The summed E-state index contributed by atoms with van der Waals surface area (Å²) in [6, 6.07) is 10.3. The predicted octanol–water partition coefficient (Wildman–Crippen LogP) is 1.57. The first-order chi connectivity index (χ1) is 8.72. The lowest BCUT2D eigenvalue weighted by Crippen LogP contribution is -2.44. The Kier molecular flexibility index (Phi) is 2.80. The number of nitrogen functional groups attached to an aromatic ring is 1. The lowest BCUT2D eigenvalue weighted by atomic mass is 10.1. The quantitative estimate of drug-likeness (QED) is 0.824. The molecule has 94 valence electrons. The highest BCUT2D eigenvalue weighted by Crippen LogP contribution is 2.22. The molecule has 1 aromatic heterocycles. The molecule has 0 saturated carbocycles. The summed E-state index contributed by atoms with van der Waals surface area (Å²) in [6.07, 6.45) is 0. The van der Waals surface area contributed by atoms with E-state index in [4.69, 9.17) is 5.73 Å². The summed E-state index contributed by atoms with van der Waals surface area (Å²) in [5.41, 5.74) is 7.94. The van der Waals surface area contributed by atoms with E-state index in [2.05, 4.69) is 40.0 Å². The van der Waals surface area contributed by atoms with Crippen LogP contribution in [0.5, 0.6) is 0 Å². The van der Waals surface area contributed by atoms with E-state index in [1.54, 1.807) is 0 Å². The van der Waals surface area contributed by atoms with Crippen molar-refractivity contribution in [2.24, 2.45) is 0 Å². The van der Waals surface area contributed by atoms with Crippen molar-refractivity contribution in [3.8, 4) is 0 Å². The summed E-state index contributed by atoms with van der Waals surface area (Å²) >= 11 is 0. The van der Waals surface area contributed by atoms with Crippen LogP contribution in [-0.4, -0.2) is 43.1 Å². The molecule has 4 heteroatoms. The molecule has 2 aromatic rings. The molecule has 0 aliphatic carbocycles. The average Bonchev–Trinajstić information content (AvgIpc) is 2.39. The SMILES string of the molecule is CN1CCN(c2ccc3nc(N)ccc3c2)CC1. The Labute approximate surface area is 107 Å². The Morgan fingerprint density at radius 1 is 1.06 bits per heavy atom. The molecule has 0 radical (unpaired) electrons. The van der Waals surface area contributed by atoms with Crippen LogP contribution in [0.25, 0.3) is 10.9 Å². The number of nitrogens with two attached hydrogens (primary N) is 1. The molecule has 1 saturated heterocycles. The van der Waals surface area contributed by atoms with Crippen molar-refractivity contribution in [1.29, 1.82) is 0 Å². The van der Waals surface area contributed by atoms with Crippen LogP contribution in [0, 0.1) is 0 Å². The summed E-state index contributed by atoms with van der Waals surface area (Å²) in [7, 11) is 2.17. The molecule has 0 spiro atoms. The molecule has 3 rings (SSSR count). The van der Waals surface area contributed by atoms with E-state index in [-0.39, 0.29) is 0 Å². The highest BCUT2D eigenvalue weighted by Gasteiger charge is 2.14. The summed E-state index contributed by atoms with van der Waals surface area (Å²) in [5.74, 6) is 0.579. The second-order valence-electron chi connectivity index (χ2n) is 4.90. The third kappa shape index (κ3) is 2.11. The van der Waals surface area contributed by atoms with Gasteiger partial charge in [0.25, 0.3) is 0 Å². The number of aromatic nitrogens is 1. The number of piperazine rings is 1. The fourth-order valence-electron chi connectivity index (χ4n) is 2.39. The normalized spacial score (nSPS) is 17.3. The van der Waals surface area contributed by atoms with Crippen LogP contribution in [0.1, 0.15) is 0 Å². The Bertz CT molecular complexity index is 559. The largest absolute Gasteiger partial charge is 0.384 e. The van der Waals surface area contributed by atoms with E-state index in [0.717, 1.165) is 37.1 Å². The number of hydrogen-bond acceptors (Lipinski definition) is 4. The Morgan fingerprint density at radius 2 is 1.83 bits per heavy atom. The van der Waals surface area contributed by atoms with E-state index in [9.17, 15) is 0 Å². The lowest BCUT2D eigenvalue weighted by Gasteiger charge is -2.34. The molecule has 18 heavy (non-hydrogen) atoms. The van der Waals surface area contributed by atoms with Crippen molar-refractivity contribution in [2.75, 3.05) is 43.9 Å². The highest BCUT2D eigenvalue weighted by atomic mass is 15.2. The van der Waals surface area contributed by atoms with Gasteiger partial charge in [-0.3, -0.25) is 0 Å². The maximum absolute atomic E-state index is 5.69. The third-order valence-corrected chi connectivity index (χ3v) is 3.56. The third-order valence-electron chi connectivity index (χ3n) is 3.56. The highest BCUT2D eigenvalue weighted by molar-refractivity contribution is 5.83. The van der Waals surface area contributed by atoms with Gasteiger partial charge in [0.05, 0.1) is 5.52 Å². The second kappa shape index (κ2) is 4.46. The molecular weight excluding hydrogens is 224 g/mol. The zero-order valence-corrected chi connectivity index (χ0v) is 10.6. The number of nitrogens with zero attached hydrogens (tertiary/aromatic N) is 3. The summed E-state index contributed by atoms with van der Waals surface area (Å²) in [6.45, 7) is 4.42. The molecule has 1 aliphatic heterocycles. The molecular formula is C14H18N4. The number of benzene rings is 1. The minimum atomic E-state index is 0.579. The van der Waals surface area contributed by atoms with Gasteiger partial charge in [0.15, 0.2) is 0 Å². The molecule has 1 fully saturated rings. The molecule has 0 atom stereocenters. The van der Waals surface area contributed by atoms with Crippen molar-refractivity contribution in [1.82, 2.24) is 9.88 Å². The van der Waals surface area contributed by atoms with Crippen LogP contribution >= 0.6 is 0 Å². The topological polar surface area (TPSA) is 45.4 Å². The van der Waals surface area contributed by atoms with Gasteiger partial charge in [-0.1, -0.05) is 0 Å².